The molecule has 1 aromatic rings. The molecule has 1 aromatic carbocycles. The summed E-state index contributed by atoms with van der Waals surface area (Å²) >= 11 is 0. The summed E-state index contributed by atoms with van der Waals surface area (Å²) in [6.07, 6.45) is 0. The molecule has 0 bridgehead atoms. The van der Waals surface area contributed by atoms with Crippen LogP contribution in [0.4, 0.5) is 4.39 Å². The number of nitriles is 1. The van der Waals surface area contributed by atoms with Crippen LogP contribution in [-0.2, 0) is 0 Å². The van der Waals surface area contributed by atoms with Crippen molar-refractivity contribution in [2.75, 3.05) is 33.2 Å². The van der Waals surface area contributed by atoms with Crippen LogP contribution in [0.15, 0.2) is 24.3 Å². The molecule has 0 aliphatic carbocycles. The van der Waals surface area contributed by atoms with Gasteiger partial charge in [-0.2, -0.15) is 5.26 Å². The van der Waals surface area contributed by atoms with Crippen molar-refractivity contribution in [1.82, 2.24) is 9.80 Å². The van der Waals surface area contributed by atoms with Crippen molar-refractivity contribution in [3.05, 3.63) is 35.6 Å². The molecule has 0 spiro atoms. The summed E-state index contributed by atoms with van der Waals surface area (Å²) < 4.78 is 12.8. The highest BCUT2D eigenvalue weighted by molar-refractivity contribution is 5.85. The lowest BCUT2D eigenvalue weighted by molar-refractivity contribution is 0.133. The average Bonchev–Trinajstić information content (AvgIpc) is 2.35. The first-order valence-corrected chi connectivity index (χ1v) is 5.78. The van der Waals surface area contributed by atoms with E-state index >= 15 is 0 Å². The van der Waals surface area contributed by atoms with Crippen molar-refractivity contribution in [2.24, 2.45) is 0 Å². The Balaban J connectivity index is 0.00000162. The Bertz CT molecular complexity index is 407. The number of rotatable bonds is 2. The first-order valence-electron chi connectivity index (χ1n) is 5.78. The standard InChI is InChI=1S/C13H16FN3.ClH/c1-16-6-8-17(9-7-16)13(10-15)11-2-4-12(14)5-3-11;/h2-5,13H,6-9H2,1H3;1H. The molecule has 1 heterocycles. The van der Waals surface area contributed by atoms with Gasteiger partial charge in [0, 0.05) is 26.2 Å². The van der Waals surface area contributed by atoms with Gasteiger partial charge in [-0.05, 0) is 24.7 Å². The van der Waals surface area contributed by atoms with Gasteiger partial charge < -0.3 is 4.90 Å². The quantitative estimate of drug-likeness (QED) is 0.823. The van der Waals surface area contributed by atoms with Crippen LogP contribution in [0, 0.1) is 17.1 Å². The number of halogens is 2. The molecule has 0 radical (unpaired) electrons. The topological polar surface area (TPSA) is 30.3 Å². The maximum absolute atomic E-state index is 12.8. The fourth-order valence-corrected chi connectivity index (χ4v) is 2.09. The zero-order chi connectivity index (χ0) is 12.3. The summed E-state index contributed by atoms with van der Waals surface area (Å²) in [6.45, 7) is 3.71. The summed E-state index contributed by atoms with van der Waals surface area (Å²) in [5.74, 6) is -0.260. The minimum Gasteiger partial charge on any atom is -0.304 e. The first kappa shape index (κ1) is 14.9. The summed E-state index contributed by atoms with van der Waals surface area (Å²) in [4.78, 5) is 4.39. The molecule has 1 aliphatic heterocycles. The molecule has 1 fully saturated rings. The van der Waals surface area contributed by atoms with Gasteiger partial charge in [-0.25, -0.2) is 4.39 Å². The van der Waals surface area contributed by atoms with Crippen molar-refractivity contribution >= 4 is 12.4 Å². The van der Waals surface area contributed by atoms with Crippen LogP contribution in [0.25, 0.3) is 0 Å². The molecule has 98 valence electrons. The molecule has 0 aromatic heterocycles. The van der Waals surface area contributed by atoms with Crippen LogP contribution >= 0.6 is 12.4 Å². The Labute approximate surface area is 113 Å². The highest BCUT2D eigenvalue weighted by Gasteiger charge is 2.23. The monoisotopic (exact) mass is 269 g/mol. The Morgan fingerprint density at radius 1 is 1.17 bits per heavy atom. The predicted octanol–water partition coefficient (Wildman–Crippen LogP) is 2.06. The zero-order valence-electron chi connectivity index (χ0n) is 10.3. The molecule has 3 nitrogen and oxygen atoms in total. The summed E-state index contributed by atoms with van der Waals surface area (Å²) in [5.41, 5.74) is 0.874. The lowest BCUT2D eigenvalue weighted by Crippen LogP contribution is -2.45. The number of benzene rings is 1. The van der Waals surface area contributed by atoms with Crippen LogP contribution in [0.1, 0.15) is 11.6 Å². The number of hydrogen-bond acceptors (Lipinski definition) is 3. The maximum atomic E-state index is 12.8. The summed E-state index contributed by atoms with van der Waals surface area (Å²) in [7, 11) is 2.08. The fraction of sp³-hybridized carbons (Fsp3) is 0.462. The van der Waals surface area contributed by atoms with E-state index < -0.39 is 0 Å². The molecule has 1 unspecified atom stereocenters. The SMILES string of the molecule is CN1CCN(C(C#N)c2ccc(F)cc2)CC1.Cl. The van der Waals surface area contributed by atoms with Gasteiger partial charge in [-0.15, -0.1) is 12.4 Å². The van der Waals surface area contributed by atoms with E-state index in [1.807, 2.05) is 0 Å². The van der Waals surface area contributed by atoms with E-state index in [-0.39, 0.29) is 24.3 Å². The third-order valence-corrected chi connectivity index (χ3v) is 3.21. The fourth-order valence-electron chi connectivity index (χ4n) is 2.09. The largest absolute Gasteiger partial charge is 0.304 e. The smallest absolute Gasteiger partial charge is 0.123 e. The van der Waals surface area contributed by atoms with Gasteiger partial charge in [0.2, 0.25) is 0 Å². The molecular weight excluding hydrogens is 253 g/mol. The number of piperazine rings is 1. The van der Waals surface area contributed by atoms with E-state index in [2.05, 4.69) is 22.9 Å². The molecule has 1 atom stereocenters. The Morgan fingerprint density at radius 2 is 1.72 bits per heavy atom. The Hall–Kier alpha value is -1.15. The van der Waals surface area contributed by atoms with E-state index in [4.69, 9.17) is 0 Å². The van der Waals surface area contributed by atoms with Gasteiger partial charge >= 0.3 is 0 Å². The first-order chi connectivity index (χ1) is 8.20. The van der Waals surface area contributed by atoms with E-state index in [0.717, 1.165) is 31.7 Å². The van der Waals surface area contributed by atoms with Crippen molar-refractivity contribution in [2.45, 2.75) is 6.04 Å². The van der Waals surface area contributed by atoms with E-state index in [1.54, 1.807) is 12.1 Å². The number of hydrogen-bond donors (Lipinski definition) is 0. The maximum Gasteiger partial charge on any atom is 0.123 e. The van der Waals surface area contributed by atoms with E-state index in [1.165, 1.54) is 12.1 Å². The van der Waals surface area contributed by atoms with Gasteiger partial charge in [-0.1, -0.05) is 12.1 Å². The molecule has 1 aliphatic rings. The number of nitrogens with zero attached hydrogens (tertiary/aromatic N) is 3. The van der Waals surface area contributed by atoms with Gasteiger partial charge in [-0.3, -0.25) is 4.90 Å². The van der Waals surface area contributed by atoms with Gasteiger partial charge in [0.15, 0.2) is 0 Å². The molecule has 2 rings (SSSR count). The predicted molar refractivity (Wildman–Crippen MR) is 71.1 cm³/mol. The van der Waals surface area contributed by atoms with Crippen molar-refractivity contribution in [1.29, 1.82) is 5.26 Å². The lowest BCUT2D eigenvalue weighted by Gasteiger charge is -2.35. The second-order valence-electron chi connectivity index (χ2n) is 4.42. The third kappa shape index (κ3) is 3.42. The molecule has 18 heavy (non-hydrogen) atoms. The van der Waals surface area contributed by atoms with Gasteiger partial charge in [0.25, 0.3) is 0 Å². The Kier molecular flexibility index (Phi) is 5.54. The Morgan fingerprint density at radius 3 is 2.22 bits per heavy atom. The van der Waals surface area contributed by atoms with Gasteiger partial charge in [0.1, 0.15) is 11.9 Å². The van der Waals surface area contributed by atoms with E-state index in [9.17, 15) is 9.65 Å². The second-order valence-corrected chi connectivity index (χ2v) is 4.42. The zero-order valence-corrected chi connectivity index (χ0v) is 11.2. The molecule has 1 saturated heterocycles. The van der Waals surface area contributed by atoms with Crippen LogP contribution < -0.4 is 0 Å². The highest BCUT2D eigenvalue weighted by atomic mass is 35.5. The number of likely N-dealkylation sites (N-methyl/N-ethyl adjacent to an activating group) is 1. The third-order valence-electron chi connectivity index (χ3n) is 3.21. The normalized spacial score (nSPS) is 18.7. The van der Waals surface area contributed by atoms with Crippen LogP contribution in [0.5, 0.6) is 0 Å². The summed E-state index contributed by atoms with van der Waals surface area (Å²) in [6, 6.07) is 8.26. The average molecular weight is 270 g/mol. The van der Waals surface area contributed by atoms with E-state index in [0.29, 0.717) is 0 Å². The molecule has 0 N–H and O–H groups in total. The molecule has 0 saturated carbocycles. The molecule has 5 heteroatoms. The summed E-state index contributed by atoms with van der Waals surface area (Å²) in [5, 5.41) is 9.27. The van der Waals surface area contributed by atoms with Crippen LogP contribution in [-0.4, -0.2) is 43.0 Å². The van der Waals surface area contributed by atoms with Crippen molar-refractivity contribution < 1.29 is 4.39 Å². The molecule has 0 amide bonds. The van der Waals surface area contributed by atoms with Crippen molar-refractivity contribution in [3.8, 4) is 6.07 Å². The minimum atomic E-state index is -0.260. The minimum absolute atomic E-state index is 0. The van der Waals surface area contributed by atoms with Crippen LogP contribution in [0.3, 0.4) is 0 Å². The lowest BCUT2D eigenvalue weighted by atomic mass is 10.1. The van der Waals surface area contributed by atoms with Gasteiger partial charge in [0.05, 0.1) is 6.07 Å². The van der Waals surface area contributed by atoms with Crippen LogP contribution in [0.2, 0.25) is 0 Å². The molecular formula is C13H17ClFN3. The second kappa shape index (κ2) is 6.69. The highest BCUT2D eigenvalue weighted by Crippen LogP contribution is 2.21. The van der Waals surface area contributed by atoms with Crippen molar-refractivity contribution in [3.63, 3.8) is 0 Å².